The smallest absolute Gasteiger partial charge is 0.160 e. The molecule has 0 radical (unpaired) electrons. The first-order valence-corrected chi connectivity index (χ1v) is 6.92. The Morgan fingerprint density at radius 3 is 2.89 bits per heavy atom. The van der Waals surface area contributed by atoms with Crippen LogP contribution in [0.15, 0.2) is 18.2 Å². The predicted molar refractivity (Wildman–Crippen MR) is 76.3 cm³/mol. The highest BCUT2D eigenvalue weighted by Crippen LogP contribution is 2.28. The van der Waals surface area contributed by atoms with E-state index in [1.165, 1.54) is 6.42 Å². The molecule has 0 amide bonds. The van der Waals surface area contributed by atoms with Gasteiger partial charge in [-0.3, -0.25) is 4.90 Å². The van der Waals surface area contributed by atoms with E-state index in [2.05, 4.69) is 11.8 Å². The van der Waals surface area contributed by atoms with Crippen molar-refractivity contribution in [1.82, 2.24) is 4.90 Å². The number of phenolic OH excluding ortho intramolecular Hbond substituents is 1. The number of methoxy groups -OCH3 is 1. The first kappa shape index (κ1) is 14.2. The zero-order chi connectivity index (χ0) is 13.8. The van der Waals surface area contributed by atoms with Crippen LogP contribution in [-0.4, -0.2) is 36.8 Å². The van der Waals surface area contributed by atoms with Gasteiger partial charge < -0.3 is 15.6 Å². The second kappa shape index (κ2) is 6.26. The number of ether oxygens (including phenoxy) is 1. The van der Waals surface area contributed by atoms with Gasteiger partial charge in [0.2, 0.25) is 0 Å². The minimum Gasteiger partial charge on any atom is -0.504 e. The van der Waals surface area contributed by atoms with E-state index in [-0.39, 0.29) is 5.75 Å². The second-order valence-electron chi connectivity index (χ2n) is 5.50. The second-order valence-corrected chi connectivity index (χ2v) is 5.50. The van der Waals surface area contributed by atoms with Crippen LogP contribution in [0.3, 0.4) is 0 Å². The SMILES string of the molecule is COc1ccc(CN2CCC(C)C(CN)C2)cc1O. The van der Waals surface area contributed by atoms with Crippen LogP contribution in [0.1, 0.15) is 18.9 Å². The van der Waals surface area contributed by atoms with Crippen LogP contribution in [0.25, 0.3) is 0 Å². The summed E-state index contributed by atoms with van der Waals surface area (Å²) in [6.45, 7) is 6.05. The van der Waals surface area contributed by atoms with Gasteiger partial charge in [0, 0.05) is 13.1 Å². The number of hydrogen-bond acceptors (Lipinski definition) is 4. The number of rotatable bonds is 4. The Hall–Kier alpha value is -1.26. The lowest BCUT2D eigenvalue weighted by molar-refractivity contribution is 0.126. The van der Waals surface area contributed by atoms with Crippen molar-refractivity contribution in [2.75, 3.05) is 26.7 Å². The van der Waals surface area contributed by atoms with Crippen molar-refractivity contribution in [3.05, 3.63) is 23.8 Å². The molecule has 1 saturated heterocycles. The van der Waals surface area contributed by atoms with E-state index in [0.717, 1.165) is 31.7 Å². The van der Waals surface area contributed by atoms with E-state index >= 15 is 0 Å². The third-order valence-electron chi connectivity index (χ3n) is 4.15. The molecule has 0 spiro atoms. The van der Waals surface area contributed by atoms with E-state index in [9.17, 15) is 5.11 Å². The number of piperidine rings is 1. The average Bonchev–Trinajstić information content (AvgIpc) is 2.41. The number of nitrogens with two attached hydrogens (primary N) is 1. The number of phenols is 1. The maximum absolute atomic E-state index is 9.80. The monoisotopic (exact) mass is 264 g/mol. The number of nitrogens with zero attached hydrogens (tertiary/aromatic N) is 1. The van der Waals surface area contributed by atoms with E-state index < -0.39 is 0 Å². The molecule has 4 nitrogen and oxygen atoms in total. The number of hydrogen-bond donors (Lipinski definition) is 2. The van der Waals surface area contributed by atoms with Crippen LogP contribution in [-0.2, 0) is 6.54 Å². The average molecular weight is 264 g/mol. The number of benzene rings is 1. The lowest BCUT2D eigenvalue weighted by Crippen LogP contribution is -2.42. The summed E-state index contributed by atoms with van der Waals surface area (Å²) >= 11 is 0. The lowest BCUT2D eigenvalue weighted by atomic mass is 9.87. The molecule has 2 atom stereocenters. The summed E-state index contributed by atoms with van der Waals surface area (Å²) in [4.78, 5) is 2.42. The molecule has 0 saturated carbocycles. The van der Waals surface area contributed by atoms with Gasteiger partial charge in [0.05, 0.1) is 7.11 Å². The van der Waals surface area contributed by atoms with Crippen LogP contribution in [0.5, 0.6) is 11.5 Å². The summed E-state index contributed by atoms with van der Waals surface area (Å²) < 4.78 is 5.06. The Bertz CT molecular complexity index is 423. The molecule has 3 N–H and O–H groups in total. The molecule has 4 heteroatoms. The van der Waals surface area contributed by atoms with Gasteiger partial charge in [-0.15, -0.1) is 0 Å². The van der Waals surface area contributed by atoms with Gasteiger partial charge in [-0.25, -0.2) is 0 Å². The summed E-state index contributed by atoms with van der Waals surface area (Å²) in [7, 11) is 1.56. The molecule has 19 heavy (non-hydrogen) atoms. The fourth-order valence-electron chi connectivity index (χ4n) is 2.77. The summed E-state index contributed by atoms with van der Waals surface area (Å²) in [5.41, 5.74) is 6.94. The fraction of sp³-hybridized carbons (Fsp3) is 0.600. The zero-order valence-electron chi connectivity index (χ0n) is 11.8. The van der Waals surface area contributed by atoms with Gasteiger partial charge in [0.15, 0.2) is 11.5 Å². The van der Waals surface area contributed by atoms with E-state index in [0.29, 0.717) is 17.6 Å². The topological polar surface area (TPSA) is 58.7 Å². The van der Waals surface area contributed by atoms with Crippen LogP contribution in [0.2, 0.25) is 0 Å². The number of likely N-dealkylation sites (tertiary alicyclic amines) is 1. The standard InChI is InChI=1S/C15H24N2O2/c1-11-5-6-17(10-13(11)8-16)9-12-3-4-15(19-2)14(18)7-12/h3-4,7,11,13,18H,5-6,8-10,16H2,1-2H3. The predicted octanol–water partition coefficient (Wildman–Crippen LogP) is 1.82. The van der Waals surface area contributed by atoms with Crippen molar-refractivity contribution in [2.24, 2.45) is 17.6 Å². The Morgan fingerprint density at radius 2 is 2.26 bits per heavy atom. The van der Waals surface area contributed by atoms with Gasteiger partial charge in [-0.1, -0.05) is 13.0 Å². The molecule has 1 aliphatic rings. The van der Waals surface area contributed by atoms with Crippen molar-refractivity contribution >= 4 is 0 Å². The third kappa shape index (κ3) is 3.39. The molecular formula is C15H24N2O2. The van der Waals surface area contributed by atoms with Gasteiger partial charge in [-0.2, -0.15) is 0 Å². The van der Waals surface area contributed by atoms with Crippen molar-refractivity contribution in [1.29, 1.82) is 0 Å². The van der Waals surface area contributed by atoms with Crippen LogP contribution in [0.4, 0.5) is 0 Å². The van der Waals surface area contributed by atoms with Gasteiger partial charge in [-0.05, 0) is 49.0 Å². The molecule has 0 aromatic heterocycles. The minimum atomic E-state index is 0.209. The highest BCUT2D eigenvalue weighted by Gasteiger charge is 2.25. The van der Waals surface area contributed by atoms with Gasteiger partial charge >= 0.3 is 0 Å². The molecule has 1 aromatic rings. The number of aromatic hydroxyl groups is 1. The summed E-state index contributed by atoms with van der Waals surface area (Å²) in [6, 6.07) is 5.61. The van der Waals surface area contributed by atoms with Crippen molar-refractivity contribution in [3.8, 4) is 11.5 Å². The molecule has 1 aromatic carbocycles. The highest BCUT2D eigenvalue weighted by atomic mass is 16.5. The van der Waals surface area contributed by atoms with Gasteiger partial charge in [0.1, 0.15) is 0 Å². The minimum absolute atomic E-state index is 0.209. The molecule has 0 aliphatic carbocycles. The molecule has 1 fully saturated rings. The third-order valence-corrected chi connectivity index (χ3v) is 4.15. The maximum Gasteiger partial charge on any atom is 0.160 e. The Balaban J connectivity index is 1.99. The zero-order valence-corrected chi connectivity index (χ0v) is 11.8. The maximum atomic E-state index is 9.80. The molecule has 2 unspecified atom stereocenters. The Labute approximate surface area is 115 Å². The molecule has 1 aliphatic heterocycles. The quantitative estimate of drug-likeness (QED) is 0.871. The summed E-state index contributed by atoms with van der Waals surface area (Å²) in [6.07, 6.45) is 1.20. The van der Waals surface area contributed by atoms with Crippen LogP contribution in [0, 0.1) is 11.8 Å². The van der Waals surface area contributed by atoms with Crippen molar-refractivity contribution in [2.45, 2.75) is 19.9 Å². The lowest BCUT2D eigenvalue weighted by Gasteiger charge is -2.36. The Kier molecular flexibility index (Phi) is 4.66. The first-order valence-electron chi connectivity index (χ1n) is 6.92. The molecular weight excluding hydrogens is 240 g/mol. The summed E-state index contributed by atoms with van der Waals surface area (Å²) in [5, 5.41) is 9.80. The normalized spacial score (nSPS) is 24.4. The van der Waals surface area contributed by atoms with E-state index in [1.54, 1.807) is 13.2 Å². The molecule has 1 heterocycles. The Morgan fingerprint density at radius 1 is 1.47 bits per heavy atom. The van der Waals surface area contributed by atoms with Crippen LogP contribution >= 0.6 is 0 Å². The van der Waals surface area contributed by atoms with Gasteiger partial charge in [0.25, 0.3) is 0 Å². The summed E-state index contributed by atoms with van der Waals surface area (Å²) in [5.74, 6) is 2.03. The first-order chi connectivity index (χ1) is 9.13. The molecule has 0 bridgehead atoms. The fourth-order valence-corrected chi connectivity index (χ4v) is 2.77. The highest BCUT2D eigenvalue weighted by molar-refractivity contribution is 5.41. The van der Waals surface area contributed by atoms with Crippen molar-refractivity contribution < 1.29 is 9.84 Å². The van der Waals surface area contributed by atoms with Crippen LogP contribution < -0.4 is 10.5 Å². The molecule has 106 valence electrons. The largest absolute Gasteiger partial charge is 0.504 e. The van der Waals surface area contributed by atoms with E-state index in [4.69, 9.17) is 10.5 Å². The van der Waals surface area contributed by atoms with E-state index in [1.807, 2.05) is 12.1 Å². The molecule has 2 rings (SSSR count). The van der Waals surface area contributed by atoms with Crippen molar-refractivity contribution in [3.63, 3.8) is 0 Å².